The Labute approximate surface area is 204 Å². The number of benzene rings is 2. The molecular formula is C20H22F3N3O6S3. The number of carbonyl (C=O) groups is 1. The number of rotatable bonds is 9. The van der Waals surface area contributed by atoms with Crippen LogP contribution in [-0.4, -0.2) is 69.2 Å². The number of amides is 1. The lowest BCUT2D eigenvalue weighted by Gasteiger charge is -2.37. The molecule has 1 amide bonds. The van der Waals surface area contributed by atoms with Crippen molar-refractivity contribution in [1.29, 1.82) is 0 Å². The quantitative estimate of drug-likeness (QED) is 0.399. The first-order chi connectivity index (χ1) is 16.2. The molecule has 15 heteroatoms. The molecule has 0 saturated carbocycles. The van der Waals surface area contributed by atoms with E-state index in [4.69, 9.17) is 5.14 Å². The number of β-amino-alcohol motifs (C(OH)–C–C–N with tert-alkyl or cyclic N) is 1. The average molecular weight is 554 g/mol. The summed E-state index contributed by atoms with van der Waals surface area (Å²) in [5.74, 6) is -0.225. The lowest BCUT2D eigenvalue weighted by Crippen LogP contribution is -2.54. The number of aliphatic hydroxyl groups excluding tert-OH is 1. The van der Waals surface area contributed by atoms with Gasteiger partial charge in [-0.05, 0) is 30.3 Å². The molecule has 4 N–H and O–H groups in total. The van der Waals surface area contributed by atoms with Crippen molar-refractivity contribution < 1.29 is 39.9 Å². The number of carbonyl (C=O) groups excluding carboxylic acids is 1. The van der Waals surface area contributed by atoms with Crippen LogP contribution in [0.1, 0.15) is 6.42 Å². The third kappa shape index (κ3) is 6.67. The second-order valence-electron chi connectivity index (χ2n) is 7.77. The molecule has 0 bridgehead atoms. The Hall–Kier alpha value is -2.33. The highest BCUT2D eigenvalue weighted by Crippen LogP contribution is 2.36. The van der Waals surface area contributed by atoms with Gasteiger partial charge in [-0.25, -0.2) is 22.0 Å². The predicted octanol–water partition coefficient (Wildman–Crippen LogP) is 1.79. The first-order valence-corrected chi connectivity index (χ1v) is 14.1. The van der Waals surface area contributed by atoms with Crippen LogP contribution in [0.2, 0.25) is 0 Å². The van der Waals surface area contributed by atoms with Crippen molar-refractivity contribution in [3.05, 3.63) is 48.5 Å². The maximum atomic E-state index is 13.4. The van der Waals surface area contributed by atoms with Crippen LogP contribution in [0.3, 0.4) is 0 Å². The number of likely N-dealkylation sites (tertiary alicyclic amines) is 1. The van der Waals surface area contributed by atoms with Crippen LogP contribution < -0.4 is 10.5 Å². The fraction of sp³-hybridized carbons (Fsp3) is 0.350. The molecule has 3 rings (SSSR count). The van der Waals surface area contributed by atoms with Crippen molar-refractivity contribution in [1.82, 2.24) is 4.90 Å². The molecule has 1 aliphatic rings. The van der Waals surface area contributed by atoms with E-state index in [1.807, 2.05) is 0 Å². The first kappa shape index (κ1) is 27.3. The highest BCUT2D eigenvalue weighted by Gasteiger charge is 2.48. The van der Waals surface area contributed by atoms with E-state index >= 15 is 0 Å². The number of nitrogens with one attached hydrogen (secondary N) is 1. The van der Waals surface area contributed by atoms with E-state index in [0.717, 1.165) is 17.0 Å². The van der Waals surface area contributed by atoms with Crippen LogP contribution in [-0.2, 0) is 24.7 Å². The number of hydrogen-bond donors (Lipinski definition) is 3. The van der Waals surface area contributed by atoms with E-state index in [1.54, 1.807) is 30.3 Å². The standard InChI is InChI=1S/C20H22F3N3O6S3/c21-20(22,23)34(29,30)18-9-16(35(24,31)32)6-7-17(18)25-13(8-19(28)26-10-14(27)11-26)12-33-15-4-2-1-3-5-15/h1-7,9,13-14,25,27H,8,10-12H2,(H2,24,31,32)/t13-/m1/s1. The number of nitrogens with zero attached hydrogens (tertiary/aromatic N) is 1. The van der Waals surface area contributed by atoms with Gasteiger partial charge in [-0.2, -0.15) is 13.2 Å². The SMILES string of the molecule is NS(=O)(=O)c1ccc(N[C@@H](CSc2ccccc2)CC(=O)N2CC(O)C2)c(S(=O)(=O)C(F)(F)F)c1. The summed E-state index contributed by atoms with van der Waals surface area (Å²) >= 11 is 1.28. The smallest absolute Gasteiger partial charge is 0.389 e. The van der Waals surface area contributed by atoms with Gasteiger partial charge in [-0.15, -0.1) is 11.8 Å². The van der Waals surface area contributed by atoms with E-state index in [2.05, 4.69) is 5.32 Å². The summed E-state index contributed by atoms with van der Waals surface area (Å²) in [4.78, 5) is 12.6. The Morgan fingerprint density at radius 2 is 1.77 bits per heavy atom. The third-order valence-electron chi connectivity index (χ3n) is 5.07. The van der Waals surface area contributed by atoms with Crippen molar-refractivity contribution in [2.75, 3.05) is 24.2 Å². The van der Waals surface area contributed by atoms with Gasteiger partial charge >= 0.3 is 5.51 Å². The molecule has 0 spiro atoms. The molecule has 1 aliphatic heterocycles. The number of sulfonamides is 1. The van der Waals surface area contributed by atoms with Crippen LogP contribution in [0, 0.1) is 0 Å². The number of nitrogens with two attached hydrogens (primary N) is 1. The molecule has 0 aromatic heterocycles. The van der Waals surface area contributed by atoms with Crippen molar-refractivity contribution in [3.63, 3.8) is 0 Å². The van der Waals surface area contributed by atoms with E-state index in [-0.39, 0.29) is 31.2 Å². The van der Waals surface area contributed by atoms with Gasteiger partial charge < -0.3 is 15.3 Å². The van der Waals surface area contributed by atoms with Gasteiger partial charge in [0.25, 0.3) is 9.84 Å². The fourth-order valence-corrected chi connectivity index (χ4v) is 5.74. The lowest BCUT2D eigenvalue weighted by atomic mass is 10.1. The topological polar surface area (TPSA) is 147 Å². The van der Waals surface area contributed by atoms with Gasteiger partial charge in [0, 0.05) is 36.2 Å². The van der Waals surface area contributed by atoms with Crippen LogP contribution in [0.25, 0.3) is 0 Å². The summed E-state index contributed by atoms with van der Waals surface area (Å²) in [6.07, 6.45) is -0.868. The van der Waals surface area contributed by atoms with Crippen LogP contribution >= 0.6 is 11.8 Å². The largest absolute Gasteiger partial charge is 0.501 e. The molecule has 9 nitrogen and oxygen atoms in total. The Balaban J connectivity index is 1.95. The number of alkyl halides is 3. The molecular weight excluding hydrogens is 531 g/mol. The van der Waals surface area contributed by atoms with E-state index < -0.39 is 53.0 Å². The minimum absolute atomic E-state index is 0.119. The molecule has 1 saturated heterocycles. The monoisotopic (exact) mass is 553 g/mol. The third-order valence-corrected chi connectivity index (χ3v) is 8.68. The number of thioether (sulfide) groups is 1. The highest BCUT2D eigenvalue weighted by molar-refractivity contribution is 7.99. The number of anilines is 1. The van der Waals surface area contributed by atoms with Gasteiger partial charge in [-0.3, -0.25) is 4.79 Å². The number of sulfone groups is 1. The van der Waals surface area contributed by atoms with Crippen molar-refractivity contribution in [2.45, 2.75) is 38.8 Å². The summed E-state index contributed by atoms with van der Waals surface area (Å²) in [5.41, 5.74) is -6.23. The molecule has 1 atom stereocenters. The lowest BCUT2D eigenvalue weighted by molar-refractivity contribution is -0.141. The van der Waals surface area contributed by atoms with Crippen LogP contribution in [0.15, 0.2) is 63.2 Å². The minimum atomic E-state index is -5.97. The molecule has 1 fully saturated rings. The minimum Gasteiger partial charge on any atom is -0.389 e. The summed E-state index contributed by atoms with van der Waals surface area (Å²) in [5, 5.41) is 17.1. The molecule has 0 aliphatic carbocycles. The van der Waals surface area contributed by atoms with Crippen LogP contribution in [0.4, 0.5) is 18.9 Å². The fourth-order valence-electron chi connectivity index (χ4n) is 3.23. The summed E-state index contributed by atoms with van der Waals surface area (Å²) in [6, 6.07) is 10.2. The van der Waals surface area contributed by atoms with Crippen LogP contribution in [0.5, 0.6) is 0 Å². The van der Waals surface area contributed by atoms with Gasteiger partial charge in [0.15, 0.2) is 0 Å². The molecule has 192 valence electrons. The number of halogens is 3. The van der Waals surface area contributed by atoms with Crippen molar-refractivity contribution in [2.24, 2.45) is 5.14 Å². The number of hydrogen-bond acceptors (Lipinski definition) is 8. The molecule has 0 radical (unpaired) electrons. The zero-order chi connectivity index (χ0) is 26.0. The van der Waals surface area contributed by atoms with Crippen molar-refractivity contribution in [3.8, 4) is 0 Å². The maximum Gasteiger partial charge on any atom is 0.501 e. The molecule has 1 heterocycles. The Bertz CT molecular complexity index is 1280. The Morgan fingerprint density at radius 3 is 2.31 bits per heavy atom. The zero-order valence-corrected chi connectivity index (χ0v) is 20.4. The molecule has 35 heavy (non-hydrogen) atoms. The average Bonchev–Trinajstić information content (AvgIpc) is 2.74. The number of aliphatic hydroxyl groups is 1. The second kappa shape index (κ2) is 10.3. The van der Waals surface area contributed by atoms with E-state index in [0.29, 0.717) is 6.07 Å². The van der Waals surface area contributed by atoms with Gasteiger partial charge in [0.2, 0.25) is 15.9 Å². The predicted molar refractivity (Wildman–Crippen MR) is 123 cm³/mol. The van der Waals surface area contributed by atoms with Gasteiger partial charge in [-0.1, -0.05) is 18.2 Å². The zero-order valence-electron chi connectivity index (χ0n) is 18.0. The molecule has 2 aromatic rings. The summed E-state index contributed by atoms with van der Waals surface area (Å²) in [6.45, 7) is 0.238. The molecule has 0 unspecified atom stereocenters. The maximum absolute atomic E-state index is 13.4. The first-order valence-electron chi connectivity index (χ1n) is 10.1. The van der Waals surface area contributed by atoms with E-state index in [9.17, 15) is 39.9 Å². The normalized spacial score (nSPS) is 16.0. The van der Waals surface area contributed by atoms with Crippen molar-refractivity contribution >= 4 is 43.2 Å². The van der Waals surface area contributed by atoms with E-state index in [1.165, 1.54) is 16.7 Å². The highest BCUT2D eigenvalue weighted by atomic mass is 32.2. The number of primary sulfonamides is 1. The van der Waals surface area contributed by atoms with Gasteiger partial charge in [0.05, 0.1) is 16.7 Å². The summed E-state index contributed by atoms with van der Waals surface area (Å²) < 4.78 is 87.8. The van der Waals surface area contributed by atoms with Gasteiger partial charge in [0.1, 0.15) is 4.90 Å². The summed E-state index contributed by atoms with van der Waals surface area (Å²) in [7, 11) is -10.5. The Morgan fingerprint density at radius 1 is 1.14 bits per heavy atom. The molecule has 2 aromatic carbocycles. The Kier molecular flexibility index (Phi) is 8.06. The second-order valence-corrected chi connectivity index (χ2v) is 12.3.